The first-order valence-electron chi connectivity index (χ1n) is 8.41. The minimum Gasteiger partial charge on any atom is -0.360 e. The van der Waals surface area contributed by atoms with E-state index < -0.39 is 0 Å². The van der Waals surface area contributed by atoms with E-state index in [2.05, 4.69) is 44.5 Å². The van der Waals surface area contributed by atoms with Crippen LogP contribution in [0.2, 0.25) is 0 Å². The molecule has 3 rings (SSSR count). The van der Waals surface area contributed by atoms with Crippen LogP contribution in [0.25, 0.3) is 0 Å². The first-order valence-corrected chi connectivity index (χ1v) is 8.41. The molecule has 0 saturated carbocycles. The van der Waals surface area contributed by atoms with Crippen molar-refractivity contribution < 1.29 is 9.32 Å². The van der Waals surface area contributed by atoms with Gasteiger partial charge in [-0.1, -0.05) is 35.5 Å². The molecule has 2 heterocycles. The van der Waals surface area contributed by atoms with Crippen molar-refractivity contribution in [1.29, 1.82) is 0 Å². The molecular formula is C18H24N4O2. The lowest BCUT2D eigenvalue weighted by Gasteiger charge is -2.21. The third-order valence-electron chi connectivity index (χ3n) is 4.19. The normalized spacial score (nSPS) is 16.7. The van der Waals surface area contributed by atoms with Gasteiger partial charge in [0.2, 0.25) is 5.91 Å². The summed E-state index contributed by atoms with van der Waals surface area (Å²) in [5.74, 6) is 1.13. The molecule has 1 amide bonds. The summed E-state index contributed by atoms with van der Waals surface area (Å²) in [4.78, 5) is 16.8. The van der Waals surface area contributed by atoms with E-state index in [1.54, 1.807) is 13.0 Å². The number of nitrogens with one attached hydrogen (secondary N) is 1. The lowest BCUT2D eigenvalue weighted by molar-refractivity contribution is -0.117. The number of aryl methyl sites for hydroxylation is 1. The van der Waals surface area contributed by atoms with Gasteiger partial charge in [-0.3, -0.25) is 14.6 Å². The van der Waals surface area contributed by atoms with E-state index >= 15 is 0 Å². The van der Waals surface area contributed by atoms with Gasteiger partial charge < -0.3 is 9.84 Å². The monoisotopic (exact) mass is 328 g/mol. The summed E-state index contributed by atoms with van der Waals surface area (Å²) < 4.78 is 4.96. The molecule has 0 spiro atoms. The minimum atomic E-state index is -0.0418. The van der Waals surface area contributed by atoms with Gasteiger partial charge in [0, 0.05) is 25.7 Å². The van der Waals surface area contributed by atoms with Gasteiger partial charge in [-0.15, -0.1) is 0 Å². The van der Waals surface area contributed by atoms with Crippen LogP contribution in [0.4, 0.5) is 5.82 Å². The molecule has 1 aliphatic heterocycles. The Labute approximate surface area is 142 Å². The third-order valence-corrected chi connectivity index (χ3v) is 4.19. The highest BCUT2D eigenvalue weighted by Crippen LogP contribution is 2.10. The topological polar surface area (TPSA) is 61.6 Å². The van der Waals surface area contributed by atoms with E-state index in [0.717, 1.165) is 39.1 Å². The molecule has 0 atom stereocenters. The summed E-state index contributed by atoms with van der Waals surface area (Å²) in [5.41, 5.74) is 1.34. The summed E-state index contributed by atoms with van der Waals surface area (Å²) in [7, 11) is 0. The first kappa shape index (κ1) is 16.7. The quantitative estimate of drug-likeness (QED) is 0.911. The Kier molecular flexibility index (Phi) is 5.61. The molecule has 128 valence electrons. The van der Waals surface area contributed by atoms with Crippen molar-refractivity contribution in [2.45, 2.75) is 19.9 Å². The van der Waals surface area contributed by atoms with E-state index in [-0.39, 0.29) is 5.91 Å². The number of hydrogen-bond acceptors (Lipinski definition) is 5. The number of aromatic nitrogens is 1. The summed E-state index contributed by atoms with van der Waals surface area (Å²) in [6.45, 7) is 7.05. The van der Waals surface area contributed by atoms with Gasteiger partial charge in [-0.25, -0.2) is 0 Å². The molecule has 1 N–H and O–H groups in total. The van der Waals surface area contributed by atoms with E-state index in [9.17, 15) is 4.79 Å². The SMILES string of the molecule is Cc1cc(NC(=O)CN2CCCN(Cc3ccccc3)CC2)no1. The number of rotatable bonds is 5. The fourth-order valence-electron chi connectivity index (χ4n) is 2.99. The Morgan fingerprint density at radius 2 is 1.92 bits per heavy atom. The fourth-order valence-corrected chi connectivity index (χ4v) is 2.99. The van der Waals surface area contributed by atoms with Crippen molar-refractivity contribution >= 4 is 11.7 Å². The molecule has 6 heteroatoms. The summed E-state index contributed by atoms with van der Waals surface area (Å²) in [5, 5.41) is 6.57. The van der Waals surface area contributed by atoms with Gasteiger partial charge in [0.25, 0.3) is 0 Å². The van der Waals surface area contributed by atoms with Crippen LogP contribution in [0.5, 0.6) is 0 Å². The average Bonchev–Trinajstić information content (AvgIpc) is 2.84. The zero-order valence-electron chi connectivity index (χ0n) is 14.1. The predicted octanol–water partition coefficient (Wildman–Crippen LogP) is 2.13. The minimum absolute atomic E-state index is 0.0418. The van der Waals surface area contributed by atoms with Crippen LogP contribution < -0.4 is 5.32 Å². The highest BCUT2D eigenvalue weighted by molar-refractivity contribution is 5.91. The van der Waals surface area contributed by atoms with Crippen LogP contribution in [0, 0.1) is 6.92 Å². The van der Waals surface area contributed by atoms with E-state index in [4.69, 9.17) is 4.52 Å². The summed E-state index contributed by atoms with van der Waals surface area (Å²) in [6.07, 6.45) is 1.07. The number of hydrogen-bond donors (Lipinski definition) is 1. The first-order chi connectivity index (χ1) is 11.7. The van der Waals surface area contributed by atoms with Crippen molar-refractivity contribution in [3.05, 3.63) is 47.7 Å². The second kappa shape index (κ2) is 8.08. The Hall–Kier alpha value is -2.18. The Morgan fingerprint density at radius 3 is 2.67 bits per heavy atom. The number of benzene rings is 1. The van der Waals surface area contributed by atoms with Crippen LogP contribution in [0.3, 0.4) is 0 Å². The largest absolute Gasteiger partial charge is 0.360 e. The maximum absolute atomic E-state index is 12.1. The van der Waals surface area contributed by atoms with Crippen molar-refractivity contribution in [3.8, 4) is 0 Å². The second-order valence-electron chi connectivity index (χ2n) is 6.26. The Morgan fingerprint density at radius 1 is 1.17 bits per heavy atom. The molecule has 1 aromatic heterocycles. The number of carbonyl (C=O) groups excluding carboxylic acids is 1. The molecule has 1 fully saturated rings. The zero-order valence-corrected chi connectivity index (χ0v) is 14.1. The highest BCUT2D eigenvalue weighted by Gasteiger charge is 2.17. The van der Waals surface area contributed by atoms with Crippen LogP contribution >= 0.6 is 0 Å². The zero-order chi connectivity index (χ0) is 16.8. The van der Waals surface area contributed by atoms with Crippen molar-refractivity contribution in [2.75, 3.05) is 38.0 Å². The van der Waals surface area contributed by atoms with Crippen molar-refractivity contribution in [2.24, 2.45) is 0 Å². The highest BCUT2D eigenvalue weighted by atomic mass is 16.5. The van der Waals surface area contributed by atoms with Gasteiger partial charge >= 0.3 is 0 Å². The Balaban J connectivity index is 1.45. The summed E-state index contributed by atoms with van der Waals surface area (Å²) >= 11 is 0. The molecule has 6 nitrogen and oxygen atoms in total. The molecule has 0 radical (unpaired) electrons. The van der Waals surface area contributed by atoms with Gasteiger partial charge in [0.15, 0.2) is 5.82 Å². The standard InChI is InChI=1S/C18H24N4O2/c1-15-12-17(20-24-15)19-18(23)14-22-9-5-8-21(10-11-22)13-16-6-3-2-4-7-16/h2-4,6-7,12H,5,8-11,13-14H2,1H3,(H,19,20,23). The number of anilines is 1. The van der Waals surface area contributed by atoms with Gasteiger partial charge in [0.1, 0.15) is 5.76 Å². The van der Waals surface area contributed by atoms with E-state index in [0.29, 0.717) is 18.1 Å². The third kappa shape index (κ3) is 4.91. The van der Waals surface area contributed by atoms with Crippen LogP contribution in [-0.2, 0) is 11.3 Å². The number of amides is 1. The van der Waals surface area contributed by atoms with E-state index in [1.807, 2.05) is 6.07 Å². The average molecular weight is 328 g/mol. The smallest absolute Gasteiger partial charge is 0.239 e. The van der Waals surface area contributed by atoms with Crippen LogP contribution in [0.15, 0.2) is 40.9 Å². The molecule has 0 unspecified atom stereocenters. The Bertz CT molecular complexity index is 656. The van der Waals surface area contributed by atoms with Gasteiger partial charge in [0.05, 0.1) is 6.54 Å². The molecule has 24 heavy (non-hydrogen) atoms. The van der Waals surface area contributed by atoms with Gasteiger partial charge in [-0.2, -0.15) is 0 Å². The van der Waals surface area contributed by atoms with Crippen LogP contribution in [0.1, 0.15) is 17.7 Å². The molecule has 2 aromatic rings. The van der Waals surface area contributed by atoms with Crippen molar-refractivity contribution in [1.82, 2.24) is 15.0 Å². The van der Waals surface area contributed by atoms with Crippen molar-refractivity contribution in [3.63, 3.8) is 0 Å². The summed E-state index contributed by atoms with van der Waals surface area (Å²) in [6, 6.07) is 12.3. The lowest BCUT2D eigenvalue weighted by atomic mass is 10.2. The predicted molar refractivity (Wildman–Crippen MR) is 92.6 cm³/mol. The van der Waals surface area contributed by atoms with E-state index in [1.165, 1.54) is 5.56 Å². The molecular weight excluding hydrogens is 304 g/mol. The second-order valence-corrected chi connectivity index (χ2v) is 6.26. The molecule has 0 aliphatic carbocycles. The van der Waals surface area contributed by atoms with Gasteiger partial charge in [-0.05, 0) is 32.0 Å². The van der Waals surface area contributed by atoms with Crippen LogP contribution in [-0.4, -0.2) is 53.6 Å². The maximum atomic E-state index is 12.1. The lowest BCUT2D eigenvalue weighted by Crippen LogP contribution is -2.36. The molecule has 0 bridgehead atoms. The molecule has 1 saturated heterocycles. The fraction of sp³-hybridized carbons (Fsp3) is 0.444. The number of carbonyl (C=O) groups is 1. The number of nitrogens with zero attached hydrogens (tertiary/aromatic N) is 3. The molecule has 1 aromatic carbocycles. The molecule has 1 aliphatic rings. The maximum Gasteiger partial charge on any atom is 0.239 e.